The Kier molecular flexibility index (Phi) is 11.4. The van der Waals surface area contributed by atoms with Gasteiger partial charge in [0.2, 0.25) is 11.8 Å². The van der Waals surface area contributed by atoms with Crippen molar-refractivity contribution in [2.75, 3.05) is 18.9 Å². The van der Waals surface area contributed by atoms with E-state index in [0.717, 1.165) is 0 Å². The first-order valence-corrected chi connectivity index (χ1v) is 19.6. The summed E-state index contributed by atoms with van der Waals surface area (Å²) in [5.41, 5.74) is 0.708. The van der Waals surface area contributed by atoms with Crippen LogP contribution in [0.15, 0.2) is 72.8 Å². The molecule has 0 radical (unpaired) electrons. The largest absolute Gasteiger partial charge is 0.484 e. The second-order valence-corrected chi connectivity index (χ2v) is 19.1. The molecule has 10 nitrogen and oxygen atoms in total. The van der Waals surface area contributed by atoms with Crippen LogP contribution in [0.3, 0.4) is 0 Å². The average Bonchev–Trinajstić information content (AvgIpc) is 3.01. The number of benzene rings is 3. The number of carboxylic acids is 1. The van der Waals surface area contributed by atoms with Crippen LogP contribution in [0.4, 0.5) is 8.78 Å². The van der Waals surface area contributed by atoms with Gasteiger partial charge in [0.1, 0.15) is 34.2 Å². The average molecular weight is 686 g/mol. The van der Waals surface area contributed by atoms with Crippen LogP contribution in [-0.2, 0) is 24.7 Å². The first-order chi connectivity index (χ1) is 22.2. The molecule has 250 valence electrons. The highest BCUT2D eigenvalue weighted by atomic mass is 32.2. The topological polar surface area (TPSA) is 154 Å². The number of thioether (sulfide) groups is 1. The van der Waals surface area contributed by atoms with Gasteiger partial charge in [-0.25, -0.2) is 8.78 Å². The van der Waals surface area contributed by atoms with E-state index in [1.165, 1.54) is 48.2 Å². The van der Waals surface area contributed by atoms with Gasteiger partial charge in [0.25, 0.3) is 5.91 Å². The van der Waals surface area contributed by atoms with Crippen molar-refractivity contribution in [3.63, 3.8) is 0 Å². The Morgan fingerprint density at radius 3 is 2.02 bits per heavy atom. The lowest BCUT2D eigenvalue weighted by atomic mass is 9.74. The van der Waals surface area contributed by atoms with Crippen molar-refractivity contribution in [2.45, 2.75) is 48.6 Å². The van der Waals surface area contributed by atoms with E-state index < -0.39 is 73.6 Å². The summed E-state index contributed by atoms with van der Waals surface area (Å²) in [5, 5.41) is 27.2. The van der Waals surface area contributed by atoms with E-state index in [4.69, 9.17) is 4.74 Å². The maximum Gasteiger partial charge on any atom is 0.325 e. The Morgan fingerprint density at radius 2 is 1.49 bits per heavy atom. The van der Waals surface area contributed by atoms with Gasteiger partial charge < -0.3 is 30.9 Å². The fourth-order valence-electron chi connectivity index (χ4n) is 5.19. The predicted octanol–water partition coefficient (Wildman–Crippen LogP) is 3.58. The molecule has 47 heavy (non-hydrogen) atoms. The lowest BCUT2D eigenvalue weighted by Gasteiger charge is -2.50. The lowest BCUT2D eigenvalue weighted by molar-refractivity contribution is -0.141. The first kappa shape index (κ1) is 35.6. The number of aliphatic hydroxyl groups excluding tert-OH is 1. The van der Waals surface area contributed by atoms with Gasteiger partial charge in [-0.3, -0.25) is 19.2 Å². The van der Waals surface area contributed by atoms with Crippen molar-refractivity contribution in [1.82, 2.24) is 16.0 Å². The van der Waals surface area contributed by atoms with Crippen LogP contribution in [-0.4, -0.2) is 72.2 Å². The summed E-state index contributed by atoms with van der Waals surface area (Å²) in [6.07, 6.45) is -0.961. The quantitative estimate of drug-likeness (QED) is 0.120. The second-order valence-electron chi connectivity index (χ2n) is 12.4. The molecule has 3 amide bonds. The van der Waals surface area contributed by atoms with Gasteiger partial charge in [-0.2, -0.15) is 0 Å². The number of amides is 3. The number of nitrogens with one attached hydrogen (secondary N) is 3. The standard InChI is InChI=1S/C33H37F2N3O7SSi/c1-47(2,3)19-26(32(43)44)37-28(40)16-36-29(41)17-45-25-14-8-22(9-15-25)33(21-6-12-24(35)13-7-21)30(31(42)38-33)46-18-27(39)20-4-10-23(34)11-5-20/h4-15,26-27,30,39H,16-19H2,1-3H3,(H,36,41)(H,37,40)(H,38,42)(H,43,44)/t26-,27?,30-,33-/m0/s1. The molecule has 4 atom stereocenters. The molecule has 14 heteroatoms. The molecule has 0 spiro atoms. The molecule has 0 saturated carbocycles. The molecule has 3 aromatic carbocycles. The fraction of sp³-hybridized carbons (Fsp3) is 0.333. The van der Waals surface area contributed by atoms with Crippen molar-refractivity contribution < 1.29 is 42.9 Å². The maximum atomic E-state index is 13.8. The third kappa shape index (κ3) is 9.17. The zero-order valence-corrected chi connectivity index (χ0v) is 27.9. The van der Waals surface area contributed by atoms with Crippen LogP contribution >= 0.6 is 11.8 Å². The molecular formula is C33H37F2N3O7SSi. The zero-order valence-electron chi connectivity index (χ0n) is 26.1. The van der Waals surface area contributed by atoms with Gasteiger partial charge in [0.05, 0.1) is 12.6 Å². The minimum Gasteiger partial charge on any atom is -0.484 e. The Balaban J connectivity index is 1.40. The molecule has 0 aliphatic carbocycles. The van der Waals surface area contributed by atoms with E-state index in [1.807, 2.05) is 19.6 Å². The van der Waals surface area contributed by atoms with Crippen molar-refractivity contribution in [3.05, 3.63) is 101 Å². The van der Waals surface area contributed by atoms with Crippen LogP contribution in [0.2, 0.25) is 25.7 Å². The molecule has 3 aromatic rings. The number of carbonyl (C=O) groups excluding carboxylic acids is 3. The summed E-state index contributed by atoms with van der Waals surface area (Å²) in [7, 11) is -1.77. The summed E-state index contributed by atoms with van der Waals surface area (Å²) in [6.45, 7) is 5.15. The van der Waals surface area contributed by atoms with Crippen molar-refractivity contribution in [3.8, 4) is 5.75 Å². The van der Waals surface area contributed by atoms with Crippen LogP contribution in [0, 0.1) is 11.6 Å². The van der Waals surface area contributed by atoms with E-state index in [0.29, 0.717) is 28.5 Å². The maximum absolute atomic E-state index is 13.8. The molecular weight excluding hydrogens is 649 g/mol. The van der Waals surface area contributed by atoms with Gasteiger partial charge in [0, 0.05) is 13.8 Å². The van der Waals surface area contributed by atoms with Gasteiger partial charge in [-0.05, 0) is 59.1 Å². The number of hydrogen-bond donors (Lipinski definition) is 5. The minimum atomic E-state index is -1.77. The Morgan fingerprint density at radius 1 is 0.936 bits per heavy atom. The number of ether oxygens (including phenoxy) is 1. The number of hydrogen-bond acceptors (Lipinski definition) is 7. The SMILES string of the molecule is C[Si](C)(C)C[C@H](NC(=O)CNC(=O)COc1ccc([C@]2(c3ccc(F)cc3)NC(=O)[C@@H]2SCC(O)c2ccc(F)cc2)cc1)C(=O)O. The number of aliphatic carboxylic acids is 1. The highest BCUT2D eigenvalue weighted by Gasteiger charge is 2.56. The highest BCUT2D eigenvalue weighted by Crippen LogP contribution is 2.46. The summed E-state index contributed by atoms with van der Waals surface area (Å²) in [4.78, 5) is 49.0. The lowest BCUT2D eigenvalue weighted by Crippen LogP contribution is -2.69. The fourth-order valence-corrected chi connectivity index (χ4v) is 8.05. The van der Waals surface area contributed by atoms with E-state index >= 15 is 0 Å². The Labute approximate surface area is 276 Å². The number of carboxylic acid groups (broad SMARTS) is 1. The smallest absolute Gasteiger partial charge is 0.325 e. The minimum absolute atomic E-state index is 0.135. The van der Waals surface area contributed by atoms with Crippen molar-refractivity contribution >= 4 is 43.5 Å². The van der Waals surface area contributed by atoms with Gasteiger partial charge in [0.15, 0.2) is 6.61 Å². The van der Waals surface area contributed by atoms with E-state index in [9.17, 15) is 38.2 Å². The molecule has 1 fully saturated rings. The summed E-state index contributed by atoms with van der Waals surface area (Å²) < 4.78 is 32.8. The van der Waals surface area contributed by atoms with Crippen molar-refractivity contribution in [2.24, 2.45) is 0 Å². The van der Waals surface area contributed by atoms with E-state index in [-0.39, 0.29) is 11.7 Å². The molecule has 1 saturated heterocycles. The van der Waals surface area contributed by atoms with Crippen LogP contribution < -0.4 is 20.7 Å². The predicted molar refractivity (Wildman–Crippen MR) is 176 cm³/mol. The molecule has 1 heterocycles. The first-order valence-electron chi connectivity index (χ1n) is 14.8. The second kappa shape index (κ2) is 15.1. The summed E-state index contributed by atoms with van der Waals surface area (Å²) in [5.74, 6) is -3.04. The molecule has 4 rings (SSSR count). The molecule has 0 bridgehead atoms. The third-order valence-corrected chi connectivity index (χ3v) is 10.5. The highest BCUT2D eigenvalue weighted by molar-refractivity contribution is 8.00. The van der Waals surface area contributed by atoms with Gasteiger partial charge in [-0.15, -0.1) is 11.8 Å². The van der Waals surface area contributed by atoms with Gasteiger partial charge in [-0.1, -0.05) is 56.0 Å². The van der Waals surface area contributed by atoms with E-state index in [1.54, 1.807) is 36.4 Å². The molecule has 1 aliphatic rings. The Hall–Kier alpha value is -4.27. The third-order valence-electron chi connectivity index (χ3n) is 7.50. The zero-order chi connectivity index (χ0) is 34.4. The molecule has 0 aromatic heterocycles. The van der Waals surface area contributed by atoms with Crippen molar-refractivity contribution in [1.29, 1.82) is 0 Å². The molecule has 1 unspecified atom stereocenters. The van der Waals surface area contributed by atoms with Gasteiger partial charge >= 0.3 is 5.97 Å². The summed E-state index contributed by atoms with van der Waals surface area (Å²) >= 11 is 1.22. The number of rotatable bonds is 15. The summed E-state index contributed by atoms with van der Waals surface area (Å²) in [6, 6.07) is 17.1. The molecule has 5 N–H and O–H groups in total. The monoisotopic (exact) mass is 685 g/mol. The number of carbonyl (C=O) groups is 4. The number of β-lactam (4-membered cyclic amide) rings is 1. The number of aliphatic hydroxyl groups is 1. The Bertz CT molecular complexity index is 1590. The van der Waals surface area contributed by atoms with Crippen LogP contribution in [0.25, 0.3) is 0 Å². The van der Waals surface area contributed by atoms with Crippen LogP contribution in [0.1, 0.15) is 22.8 Å². The molecule has 1 aliphatic heterocycles. The van der Waals surface area contributed by atoms with Crippen LogP contribution in [0.5, 0.6) is 5.75 Å². The van der Waals surface area contributed by atoms with E-state index in [2.05, 4.69) is 16.0 Å². The number of halogens is 2. The normalized spacial score (nSPS) is 18.7.